The van der Waals surface area contributed by atoms with Crippen LogP contribution in [-0.2, 0) is 7.05 Å². The van der Waals surface area contributed by atoms with E-state index in [9.17, 15) is 0 Å². The van der Waals surface area contributed by atoms with E-state index in [0.29, 0.717) is 0 Å². The van der Waals surface area contributed by atoms with Crippen molar-refractivity contribution >= 4 is 45.4 Å². The zero-order valence-corrected chi connectivity index (χ0v) is 19.8. The van der Waals surface area contributed by atoms with Crippen molar-refractivity contribution in [2.75, 3.05) is 0 Å². The van der Waals surface area contributed by atoms with Crippen LogP contribution in [0.15, 0.2) is 30.3 Å². The summed E-state index contributed by atoms with van der Waals surface area (Å²) in [6.07, 6.45) is 6.11. The van der Waals surface area contributed by atoms with Crippen LogP contribution in [0.2, 0.25) is 0 Å². The summed E-state index contributed by atoms with van der Waals surface area (Å²) in [4.78, 5) is 13.5. The number of fused-ring (bicyclic) bond motifs is 8. The molecule has 0 saturated carbocycles. The third-order valence-corrected chi connectivity index (χ3v) is 6.90. The van der Waals surface area contributed by atoms with Gasteiger partial charge in [-0.05, 0) is 104 Å². The summed E-state index contributed by atoms with van der Waals surface area (Å²) in [5.74, 6) is 0. The molecule has 8 bridgehead atoms. The lowest BCUT2D eigenvalue weighted by Crippen LogP contribution is -1.94. The van der Waals surface area contributed by atoms with Gasteiger partial charge in [-0.25, -0.2) is 9.97 Å². The van der Waals surface area contributed by atoms with E-state index in [1.54, 1.807) is 0 Å². The maximum atomic E-state index is 5.19. The number of aromatic nitrogens is 4. The van der Waals surface area contributed by atoms with E-state index in [1.807, 2.05) is 0 Å². The van der Waals surface area contributed by atoms with Crippen LogP contribution in [0.25, 0.3) is 45.4 Å². The van der Waals surface area contributed by atoms with Crippen molar-refractivity contribution < 1.29 is 0 Å². The number of allylic oxidation sites excluding steroid dienone is 2. The lowest BCUT2D eigenvalue weighted by molar-refractivity contribution is 0.997. The third-order valence-electron chi connectivity index (χ3n) is 6.90. The molecule has 0 radical (unpaired) electrons. The largest absolute Gasteiger partial charge is 0.355 e. The minimum atomic E-state index is 0.958. The van der Waals surface area contributed by atoms with Gasteiger partial charge in [-0.1, -0.05) is 13.8 Å². The first kappa shape index (κ1) is 20.5. The molecule has 0 fully saturated rings. The van der Waals surface area contributed by atoms with Crippen LogP contribution in [0, 0.1) is 20.8 Å². The highest BCUT2D eigenvalue weighted by atomic mass is 14.9. The van der Waals surface area contributed by atoms with Gasteiger partial charge >= 0.3 is 0 Å². The van der Waals surface area contributed by atoms with Gasteiger partial charge in [0.1, 0.15) is 0 Å². The van der Waals surface area contributed by atoms with E-state index in [0.717, 1.165) is 46.7 Å². The predicted octanol–water partition coefficient (Wildman–Crippen LogP) is 7.15. The molecule has 162 valence electrons. The molecule has 0 spiro atoms. The quantitative estimate of drug-likeness (QED) is 0.373. The molecule has 5 heterocycles. The average Bonchev–Trinajstić information content (AvgIpc) is 3.52. The Hall–Kier alpha value is -3.40. The molecule has 1 N–H and O–H groups in total. The predicted molar refractivity (Wildman–Crippen MR) is 136 cm³/mol. The fourth-order valence-electron chi connectivity index (χ4n) is 5.20. The minimum Gasteiger partial charge on any atom is -0.355 e. The Morgan fingerprint density at radius 3 is 2.12 bits per heavy atom. The number of rotatable bonds is 2. The highest BCUT2D eigenvalue weighted by Gasteiger charge is 2.21. The Morgan fingerprint density at radius 1 is 0.781 bits per heavy atom. The van der Waals surface area contributed by atoms with Crippen molar-refractivity contribution in [2.45, 2.75) is 47.5 Å². The molecular formula is C28H30N4. The summed E-state index contributed by atoms with van der Waals surface area (Å²) < 4.78 is 2.31. The Labute approximate surface area is 189 Å². The van der Waals surface area contributed by atoms with Crippen LogP contribution in [0.1, 0.15) is 66.2 Å². The molecule has 0 aliphatic carbocycles. The minimum absolute atomic E-state index is 0.958. The molecule has 2 aliphatic heterocycles. The molecule has 3 aromatic rings. The molecule has 2 aliphatic rings. The molecule has 0 aromatic carbocycles. The number of aromatic amines is 1. The number of nitrogens with one attached hydrogen (secondary N) is 1. The van der Waals surface area contributed by atoms with Crippen molar-refractivity contribution in [2.24, 2.45) is 7.05 Å². The van der Waals surface area contributed by atoms with Crippen molar-refractivity contribution in [1.82, 2.24) is 19.5 Å². The number of nitrogens with zero attached hydrogens (tertiary/aromatic N) is 3. The van der Waals surface area contributed by atoms with Gasteiger partial charge < -0.3 is 9.55 Å². The summed E-state index contributed by atoms with van der Waals surface area (Å²) in [6, 6.07) is 10.7. The summed E-state index contributed by atoms with van der Waals surface area (Å²) >= 11 is 0. The Bertz CT molecular complexity index is 1470. The Kier molecular flexibility index (Phi) is 4.89. The van der Waals surface area contributed by atoms with Crippen LogP contribution in [0.3, 0.4) is 0 Å². The molecule has 0 atom stereocenters. The topological polar surface area (TPSA) is 46.5 Å². The lowest BCUT2D eigenvalue weighted by atomic mass is 9.98. The molecule has 4 nitrogen and oxygen atoms in total. The molecule has 0 unspecified atom stereocenters. The monoisotopic (exact) mass is 422 g/mol. The van der Waals surface area contributed by atoms with E-state index in [4.69, 9.17) is 9.97 Å². The highest BCUT2D eigenvalue weighted by Crippen LogP contribution is 2.37. The molecule has 5 rings (SSSR count). The van der Waals surface area contributed by atoms with Crippen LogP contribution in [0.4, 0.5) is 0 Å². The van der Waals surface area contributed by atoms with E-state index < -0.39 is 0 Å². The summed E-state index contributed by atoms with van der Waals surface area (Å²) in [7, 11) is 2.16. The number of aryl methyl sites for hydroxylation is 4. The summed E-state index contributed by atoms with van der Waals surface area (Å²) in [6.45, 7) is 11.1. The Morgan fingerprint density at radius 2 is 1.44 bits per heavy atom. The van der Waals surface area contributed by atoms with Gasteiger partial charge in [-0.3, -0.25) is 0 Å². The zero-order chi connectivity index (χ0) is 22.6. The number of hydrogen-bond donors (Lipinski definition) is 1. The summed E-state index contributed by atoms with van der Waals surface area (Å²) in [5.41, 5.74) is 15.3. The second kappa shape index (κ2) is 7.63. The molecule has 0 amide bonds. The van der Waals surface area contributed by atoms with Crippen LogP contribution < -0.4 is 0 Å². The van der Waals surface area contributed by atoms with Crippen LogP contribution in [-0.4, -0.2) is 19.5 Å². The van der Waals surface area contributed by atoms with E-state index >= 15 is 0 Å². The van der Waals surface area contributed by atoms with Crippen LogP contribution >= 0.6 is 0 Å². The zero-order valence-electron chi connectivity index (χ0n) is 19.8. The van der Waals surface area contributed by atoms with E-state index in [2.05, 4.69) is 93.7 Å². The van der Waals surface area contributed by atoms with Crippen molar-refractivity contribution in [3.8, 4) is 0 Å². The van der Waals surface area contributed by atoms with Gasteiger partial charge in [-0.15, -0.1) is 0 Å². The van der Waals surface area contributed by atoms with E-state index in [1.165, 1.54) is 38.9 Å². The van der Waals surface area contributed by atoms with Gasteiger partial charge in [0.15, 0.2) is 0 Å². The van der Waals surface area contributed by atoms with Crippen molar-refractivity contribution in [1.29, 1.82) is 0 Å². The third kappa shape index (κ3) is 3.13. The first-order valence-corrected chi connectivity index (χ1v) is 11.5. The fourth-order valence-corrected chi connectivity index (χ4v) is 5.20. The van der Waals surface area contributed by atoms with Crippen LogP contribution in [0.5, 0.6) is 0 Å². The molecule has 4 heteroatoms. The SMILES string of the molecule is CCC1=C(CC)c2nc1cc1ccc(cc3nc(cc4c(C)c(C)c(c2C)n4C)C=C3)[nH]1. The average molecular weight is 423 g/mol. The number of hydrogen-bond acceptors (Lipinski definition) is 2. The second-order valence-electron chi connectivity index (χ2n) is 8.77. The maximum absolute atomic E-state index is 5.19. The highest BCUT2D eigenvalue weighted by molar-refractivity contribution is 5.95. The molecule has 0 saturated heterocycles. The number of H-pyrrole nitrogens is 1. The fraction of sp³-hybridized carbons (Fsp3) is 0.286. The smallest absolute Gasteiger partial charge is 0.0722 e. The van der Waals surface area contributed by atoms with Crippen molar-refractivity contribution in [3.05, 3.63) is 69.8 Å². The van der Waals surface area contributed by atoms with Gasteiger partial charge in [0.25, 0.3) is 0 Å². The Balaban J connectivity index is 2.00. The van der Waals surface area contributed by atoms with E-state index in [-0.39, 0.29) is 0 Å². The first-order valence-electron chi connectivity index (χ1n) is 11.5. The molecule has 3 aromatic heterocycles. The van der Waals surface area contributed by atoms with Gasteiger partial charge in [0, 0.05) is 29.1 Å². The maximum Gasteiger partial charge on any atom is 0.0722 e. The van der Waals surface area contributed by atoms with Crippen molar-refractivity contribution in [3.63, 3.8) is 0 Å². The lowest BCUT2D eigenvalue weighted by Gasteiger charge is -2.07. The molecular weight excluding hydrogens is 392 g/mol. The van der Waals surface area contributed by atoms with Gasteiger partial charge in [0.2, 0.25) is 0 Å². The second-order valence-corrected chi connectivity index (χ2v) is 8.77. The first-order chi connectivity index (χ1) is 15.4. The summed E-state index contributed by atoms with van der Waals surface area (Å²) in [5, 5.41) is 0. The van der Waals surface area contributed by atoms with Gasteiger partial charge in [0.05, 0.1) is 22.8 Å². The molecule has 32 heavy (non-hydrogen) atoms. The van der Waals surface area contributed by atoms with Gasteiger partial charge in [-0.2, -0.15) is 0 Å². The normalized spacial score (nSPS) is 13.3. The standard InChI is InChI=1S/C28H30N4/c1-7-23-24(8-2)27-18(5)28-17(4)16(3)26(32(28)6)15-22-12-10-20(30-22)13-19-9-11-21(29-19)14-25(23)31-27/h9-15,29H,7-8H2,1-6H3.